The summed E-state index contributed by atoms with van der Waals surface area (Å²) in [5.74, 6) is -0.251. The quantitative estimate of drug-likeness (QED) is 0.125. The number of unbranched alkanes of at least 4 members (excludes halogenated alkanes) is 1. The first kappa shape index (κ1) is 34.3. The molecule has 1 saturated heterocycles. The van der Waals surface area contributed by atoms with E-state index in [2.05, 4.69) is 5.32 Å². The van der Waals surface area contributed by atoms with Crippen molar-refractivity contribution in [2.45, 2.75) is 75.9 Å². The highest BCUT2D eigenvalue weighted by Gasteiger charge is 2.67. The third-order valence-electron chi connectivity index (χ3n) is 10.1. The van der Waals surface area contributed by atoms with Crippen molar-refractivity contribution in [3.05, 3.63) is 77.9 Å². The van der Waals surface area contributed by atoms with Crippen LogP contribution in [-0.4, -0.2) is 68.9 Å². The van der Waals surface area contributed by atoms with Crippen molar-refractivity contribution in [3.8, 4) is 5.75 Å². The number of anilines is 4. The van der Waals surface area contributed by atoms with Gasteiger partial charge in [0.1, 0.15) is 5.75 Å². The van der Waals surface area contributed by atoms with Crippen LogP contribution in [0.1, 0.15) is 44.2 Å². The number of hydrogen-bond donors (Lipinski definition) is 3. The van der Waals surface area contributed by atoms with E-state index in [1.807, 2.05) is 80.6 Å². The molecule has 0 aromatic heterocycles. The predicted molar refractivity (Wildman–Crippen MR) is 186 cm³/mol. The van der Waals surface area contributed by atoms with Crippen molar-refractivity contribution in [2.24, 2.45) is 5.92 Å². The highest BCUT2D eigenvalue weighted by Crippen LogP contribution is 2.61. The molecule has 0 radical (unpaired) electrons. The molecule has 256 valence electrons. The Labute approximate surface area is 282 Å². The number of fused-ring (bicyclic) bond motifs is 3. The number of rotatable bonds is 12. The van der Waals surface area contributed by atoms with Gasteiger partial charge < -0.3 is 29.1 Å². The number of halogens is 1. The Hall–Kier alpha value is -3.61. The molecule has 5 atom stereocenters. The lowest BCUT2D eigenvalue weighted by Crippen LogP contribution is -2.49. The fourth-order valence-electron chi connectivity index (χ4n) is 8.05. The summed E-state index contributed by atoms with van der Waals surface area (Å²) in [6, 6.07) is 20.1. The third-order valence-corrected chi connectivity index (χ3v) is 12.5. The number of nitrogens with zero attached hydrogens (tertiary/aromatic N) is 2. The zero-order valence-electron chi connectivity index (χ0n) is 28.1. The van der Waals surface area contributed by atoms with Gasteiger partial charge in [0, 0.05) is 41.6 Å². The van der Waals surface area contributed by atoms with Gasteiger partial charge in [-0.1, -0.05) is 25.1 Å². The first-order valence-corrected chi connectivity index (χ1v) is 20.0. The van der Waals surface area contributed by atoms with Gasteiger partial charge in [-0.3, -0.25) is 19.4 Å². The molecule has 9 nitrogen and oxygen atoms in total. The zero-order chi connectivity index (χ0) is 34.2. The molecule has 11 heteroatoms. The third kappa shape index (κ3) is 5.85. The van der Waals surface area contributed by atoms with Gasteiger partial charge in [-0.25, -0.2) is 0 Å². The monoisotopic (exact) mass is 675 g/mol. The molecular formula is C37H46FN3O6Si. The van der Waals surface area contributed by atoms with Gasteiger partial charge in [-0.15, -0.1) is 0 Å². The molecule has 3 aliphatic heterocycles. The summed E-state index contributed by atoms with van der Waals surface area (Å²) >= 11 is 0. The minimum Gasteiger partial charge on any atom is -0.494 e. The number of aliphatic hydroxyl groups excluding tert-OH is 2. The van der Waals surface area contributed by atoms with E-state index in [1.165, 1.54) is 0 Å². The topological polar surface area (TPSA) is 112 Å². The van der Waals surface area contributed by atoms with Crippen LogP contribution in [0.25, 0.3) is 0 Å². The van der Waals surface area contributed by atoms with Crippen molar-refractivity contribution in [3.63, 3.8) is 0 Å². The molecule has 3 heterocycles. The first-order chi connectivity index (χ1) is 23.1. The maximum absolute atomic E-state index is 16.1. The summed E-state index contributed by atoms with van der Waals surface area (Å²) in [6.07, 6.45) is 1.41. The molecule has 1 unspecified atom stereocenters. The van der Waals surface area contributed by atoms with Crippen molar-refractivity contribution in [2.75, 3.05) is 36.2 Å². The van der Waals surface area contributed by atoms with E-state index in [1.54, 1.807) is 22.9 Å². The minimum absolute atomic E-state index is 0.0884. The summed E-state index contributed by atoms with van der Waals surface area (Å²) in [4.78, 5) is 32.5. The minimum atomic E-state index is -3.39. The van der Waals surface area contributed by atoms with E-state index < -0.39 is 37.6 Å². The van der Waals surface area contributed by atoms with E-state index in [9.17, 15) is 19.8 Å². The van der Waals surface area contributed by atoms with Crippen LogP contribution in [0.15, 0.2) is 66.7 Å². The predicted octanol–water partition coefficient (Wildman–Crippen LogP) is 5.87. The summed E-state index contributed by atoms with van der Waals surface area (Å²) in [5.41, 5.74) is 2.07. The smallest absolute Gasteiger partial charge is 0.268 e. The number of aliphatic hydroxyl groups is 2. The molecule has 0 bridgehead atoms. The average molecular weight is 676 g/mol. The van der Waals surface area contributed by atoms with Crippen LogP contribution in [0, 0.1) is 5.92 Å². The molecule has 6 rings (SSSR count). The molecule has 1 fully saturated rings. The van der Waals surface area contributed by atoms with Gasteiger partial charge in [0.05, 0.1) is 30.1 Å². The van der Waals surface area contributed by atoms with Crippen LogP contribution in [-0.2, 0) is 26.3 Å². The van der Waals surface area contributed by atoms with E-state index in [0.29, 0.717) is 54.4 Å². The van der Waals surface area contributed by atoms with Gasteiger partial charge in [-0.05, 0) is 106 Å². The van der Waals surface area contributed by atoms with Crippen LogP contribution >= 0.6 is 0 Å². The second kappa shape index (κ2) is 13.7. The SMILES string of the molecule is CCOc1ccc2c(c1)CC(NCCCCO)C(=O)N2c1ccc2c(c1)[C@]1(O[C@@H](CCO)[C@H]([Si](C)(C)F)[C@H]1C)C(=O)N2c1ccccc1. The van der Waals surface area contributed by atoms with E-state index in [4.69, 9.17) is 9.47 Å². The maximum Gasteiger partial charge on any atom is 0.268 e. The second-order valence-electron chi connectivity index (χ2n) is 13.5. The second-order valence-corrected chi connectivity index (χ2v) is 17.3. The molecule has 3 aromatic carbocycles. The number of benzene rings is 3. The lowest BCUT2D eigenvalue weighted by molar-refractivity contribution is -0.145. The molecule has 0 aliphatic carbocycles. The average Bonchev–Trinajstić information content (AvgIpc) is 3.50. The lowest BCUT2D eigenvalue weighted by atomic mass is 9.82. The molecule has 2 amide bonds. The van der Waals surface area contributed by atoms with E-state index >= 15 is 4.11 Å². The van der Waals surface area contributed by atoms with Crippen molar-refractivity contribution >= 4 is 43.0 Å². The number of ether oxygens (including phenoxy) is 2. The standard InChI is InChI=1S/C37H46FN3O6Si/c1-5-46-28-14-16-31-25(21-28)22-30(39-18-9-10-19-42)35(44)40(31)27-13-15-32-29(23-27)37(36(45)41(32)26-11-7-6-8-12-26)24(2)34(48(3,4)38)33(47-37)17-20-43/h6-8,11-16,21,23-24,30,33-34,39,42-43H,5,9-10,17-20,22H2,1-4H3/t24-,30?,33+,34-,37+/m1/s1. The fraction of sp³-hybridized carbons (Fsp3) is 0.459. The van der Waals surface area contributed by atoms with Crippen LogP contribution in [0.5, 0.6) is 5.75 Å². The van der Waals surface area contributed by atoms with E-state index in [-0.39, 0.29) is 31.4 Å². The number of nitrogens with one attached hydrogen (secondary N) is 1. The first-order valence-electron chi connectivity index (χ1n) is 17.0. The van der Waals surface area contributed by atoms with Gasteiger partial charge >= 0.3 is 0 Å². The molecule has 3 aromatic rings. The summed E-state index contributed by atoms with van der Waals surface area (Å²) in [7, 11) is -3.39. The van der Waals surface area contributed by atoms with Gasteiger partial charge in [0.2, 0.25) is 14.3 Å². The van der Waals surface area contributed by atoms with Gasteiger partial charge in [-0.2, -0.15) is 0 Å². The molecule has 1 spiro atoms. The molecular weight excluding hydrogens is 630 g/mol. The van der Waals surface area contributed by atoms with Crippen molar-refractivity contribution in [1.29, 1.82) is 0 Å². The number of carbonyl (C=O) groups excluding carboxylic acids is 2. The zero-order valence-corrected chi connectivity index (χ0v) is 29.1. The van der Waals surface area contributed by atoms with E-state index in [0.717, 1.165) is 17.7 Å². The maximum atomic E-state index is 16.1. The fourth-order valence-corrected chi connectivity index (χ4v) is 10.6. The van der Waals surface area contributed by atoms with Crippen LogP contribution in [0.4, 0.5) is 26.9 Å². The van der Waals surface area contributed by atoms with Crippen LogP contribution in [0.3, 0.4) is 0 Å². The summed E-state index contributed by atoms with van der Waals surface area (Å²) in [5, 5.41) is 22.6. The molecule has 0 saturated carbocycles. The van der Waals surface area contributed by atoms with Gasteiger partial charge in [0.25, 0.3) is 5.91 Å². The normalized spacial score (nSPS) is 25.1. The number of amides is 2. The Morgan fingerprint density at radius 1 is 0.979 bits per heavy atom. The van der Waals surface area contributed by atoms with Crippen molar-refractivity contribution in [1.82, 2.24) is 5.32 Å². The molecule has 3 aliphatic rings. The number of carbonyl (C=O) groups is 2. The molecule has 3 N–H and O–H groups in total. The van der Waals surface area contributed by atoms with Gasteiger partial charge in [0.15, 0.2) is 5.60 Å². The lowest BCUT2D eigenvalue weighted by Gasteiger charge is -2.36. The summed E-state index contributed by atoms with van der Waals surface area (Å²) in [6.45, 7) is 8.08. The largest absolute Gasteiger partial charge is 0.494 e. The molecule has 48 heavy (non-hydrogen) atoms. The Bertz CT molecular complexity index is 1650. The van der Waals surface area contributed by atoms with Crippen LogP contribution < -0.4 is 19.9 Å². The number of hydrogen-bond acceptors (Lipinski definition) is 7. The van der Waals surface area contributed by atoms with Crippen LogP contribution in [0.2, 0.25) is 18.6 Å². The Morgan fingerprint density at radius 3 is 2.42 bits per heavy atom. The van der Waals surface area contributed by atoms with Crippen molar-refractivity contribution < 1.29 is 33.4 Å². The Morgan fingerprint density at radius 2 is 1.73 bits per heavy atom. The summed E-state index contributed by atoms with van der Waals surface area (Å²) < 4.78 is 28.7. The Kier molecular flexibility index (Phi) is 9.79. The Balaban J connectivity index is 1.50. The highest BCUT2D eigenvalue weighted by atomic mass is 28.4. The highest BCUT2D eigenvalue weighted by molar-refractivity contribution is 6.72. The number of para-hydroxylation sites is 1.